The topological polar surface area (TPSA) is 56.6 Å². The van der Waals surface area contributed by atoms with Crippen LogP contribution in [0.5, 0.6) is 0 Å². The highest BCUT2D eigenvalue weighted by Crippen LogP contribution is 2.28. The van der Waals surface area contributed by atoms with E-state index in [1.54, 1.807) is 30.6 Å². The van der Waals surface area contributed by atoms with Gasteiger partial charge in [0.15, 0.2) is 0 Å². The van der Waals surface area contributed by atoms with E-state index in [-0.39, 0.29) is 11.3 Å². The minimum absolute atomic E-state index is 0.0520. The molecule has 1 aromatic carbocycles. The van der Waals surface area contributed by atoms with Crippen molar-refractivity contribution < 1.29 is 18.3 Å². The van der Waals surface area contributed by atoms with Gasteiger partial charge in [0.05, 0.1) is 17.7 Å². The summed E-state index contributed by atoms with van der Waals surface area (Å²) in [7, 11) is 0. The van der Waals surface area contributed by atoms with Crippen molar-refractivity contribution in [1.29, 1.82) is 5.26 Å². The average molecular weight is 351 g/mol. The monoisotopic (exact) mass is 351 g/mol. The molecule has 0 bridgehead atoms. The lowest BCUT2D eigenvalue weighted by Crippen LogP contribution is -2.50. The summed E-state index contributed by atoms with van der Waals surface area (Å²) in [4.78, 5) is 15.3. The van der Waals surface area contributed by atoms with Gasteiger partial charge in [0, 0.05) is 37.8 Å². The SMILES string of the molecule is CC(C#N)c1cc(F)c(N2CCN(C(=O)OC(C)(C)C)CC2)cc1F. The molecule has 7 heteroatoms. The Morgan fingerprint density at radius 1 is 1.20 bits per heavy atom. The van der Waals surface area contributed by atoms with E-state index in [0.29, 0.717) is 26.2 Å². The lowest BCUT2D eigenvalue weighted by Gasteiger charge is -2.37. The lowest BCUT2D eigenvalue weighted by molar-refractivity contribution is 0.0240. The highest BCUT2D eigenvalue weighted by atomic mass is 19.1. The number of anilines is 1. The van der Waals surface area contributed by atoms with Crippen LogP contribution >= 0.6 is 0 Å². The highest BCUT2D eigenvalue weighted by molar-refractivity contribution is 5.68. The van der Waals surface area contributed by atoms with Crippen LogP contribution in [0.1, 0.15) is 39.2 Å². The smallest absolute Gasteiger partial charge is 0.410 e. The molecule has 0 N–H and O–H groups in total. The zero-order valence-electron chi connectivity index (χ0n) is 15.0. The Kier molecular flexibility index (Phi) is 5.51. The van der Waals surface area contributed by atoms with Crippen molar-refractivity contribution in [3.8, 4) is 6.07 Å². The van der Waals surface area contributed by atoms with Crippen molar-refractivity contribution in [2.24, 2.45) is 0 Å². The second-order valence-corrected chi connectivity index (χ2v) is 7.13. The van der Waals surface area contributed by atoms with Gasteiger partial charge in [-0.05, 0) is 33.8 Å². The molecule has 1 heterocycles. The Morgan fingerprint density at radius 2 is 1.80 bits per heavy atom. The van der Waals surface area contributed by atoms with Gasteiger partial charge in [0.25, 0.3) is 0 Å². The van der Waals surface area contributed by atoms with Crippen LogP contribution < -0.4 is 4.90 Å². The summed E-state index contributed by atoms with van der Waals surface area (Å²) in [5.74, 6) is -1.88. The van der Waals surface area contributed by atoms with Crippen LogP contribution in [0.15, 0.2) is 12.1 Å². The van der Waals surface area contributed by atoms with Gasteiger partial charge in [-0.2, -0.15) is 5.26 Å². The summed E-state index contributed by atoms with van der Waals surface area (Å²) in [6.45, 7) is 8.40. The normalized spacial score (nSPS) is 16.4. The minimum Gasteiger partial charge on any atom is -0.444 e. The third-order valence-corrected chi connectivity index (χ3v) is 4.00. The van der Waals surface area contributed by atoms with Crippen LogP contribution in [-0.4, -0.2) is 42.8 Å². The fraction of sp³-hybridized carbons (Fsp3) is 0.556. The third kappa shape index (κ3) is 4.59. The van der Waals surface area contributed by atoms with E-state index in [0.717, 1.165) is 12.1 Å². The molecule has 0 spiro atoms. The number of carbonyl (C=O) groups excluding carboxylic acids is 1. The lowest BCUT2D eigenvalue weighted by atomic mass is 10.0. The summed E-state index contributed by atoms with van der Waals surface area (Å²) >= 11 is 0. The predicted molar refractivity (Wildman–Crippen MR) is 90.4 cm³/mol. The number of nitrogens with zero attached hydrogens (tertiary/aromatic N) is 3. The molecule has 2 rings (SSSR count). The highest BCUT2D eigenvalue weighted by Gasteiger charge is 2.27. The quantitative estimate of drug-likeness (QED) is 0.816. The first-order valence-corrected chi connectivity index (χ1v) is 8.24. The molecule has 136 valence electrons. The summed E-state index contributed by atoms with van der Waals surface area (Å²) in [6, 6.07) is 4.12. The van der Waals surface area contributed by atoms with Gasteiger partial charge in [-0.15, -0.1) is 0 Å². The van der Waals surface area contributed by atoms with Crippen molar-refractivity contribution in [2.45, 2.75) is 39.2 Å². The fourth-order valence-corrected chi connectivity index (χ4v) is 2.65. The standard InChI is InChI=1S/C18H23F2N3O2/c1-12(11-21)13-9-15(20)16(10-14(13)19)22-5-7-23(8-6-22)17(24)25-18(2,3)4/h9-10,12H,5-8H2,1-4H3. The first kappa shape index (κ1) is 19.0. The Balaban J connectivity index is 2.07. The molecule has 25 heavy (non-hydrogen) atoms. The van der Waals surface area contributed by atoms with Crippen molar-refractivity contribution >= 4 is 11.8 Å². The van der Waals surface area contributed by atoms with E-state index >= 15 is 0 Å². The Morgan fingerprint density at radius 3 is 2.32 bits per heavy atom. The van der Waals surface area contributed by atoms with Gasteiger partial charge < -0.3 is 14.5 Å². The summed E-state index contributed by atoms with van der Waals surface area (Å²) < 4.78 is 33.9. The number of amides is 1. The molecule has 0 aromatic heterocycles. The van der Waals surface area contributed by atoms with Crippen molar-refractivity contribution in [3.05, 3.63) is 29.3 Å². The predicted octanol–water partition coefficient (Wildman–Crippen LogP) is 3.65. The van der Waals surface area contributed by atoms with Crippen LogP contribution in [0.4, 0.5) is 19.3 Å². The molecule has 1 aliphatic rings. The number of halogens is 2. The Hall–Kier alpha value is -2.36. The molecule has 1 aromatic rings. The van der Waals surface area contributed by atoms with E-state index in [9.17, 15) is 13.6 Å². The molecule has 1 saturated heterocycles. The maximum atomic E-state index is 14.4. The number of nitriles is 1. The molecule has 0 radical (unpaired) electrons. The van der Waals surface area contributed by atoms with Crippen molar-refractivity contribution in [1.82, 2.24) is 4.90 Å². The van der Waals surface area contributed by atoms with E-state index in [4.69, 9.17) is 10.00 Å². The van der Waals surface area contributed by atoms with Gasteiger partial charge in [-0.3, -0.25) is 0 Å². The first-order valence-electron chi connectivity index (χ1n) is 8.24. The van der Waals surface area contributed by atoms with Crippen LogP contribution in [0.2, 0.25) is 0 Å². The maximum Gasteiger partial charge on any atom is 0.410 e. The van der Waals surface area contributed by atoms with Gasteiger partial charge >= 0.3 is 6.09 Å². The molecule has 1 fully saturated rings. The van der Waals surface area contributed by atoms with Crippen molar-refractivity contribution in [2.75, 3.05) is 31.1 Å². The number of hydrogen-bond donors (Lipinski definition) is 0. The summed E-state index contributed by atoms with van der Waals surface area (Å²) in [5.41, 5.74) is -0.372. The van der Waals surface area contributed by atoms with E-state index in [1.165, 1.54) is 6.92 Å². The van der Waals surface area contributed by atoms with Crippen molar-refractivity contribution in [3.63, 3.8) is 0 Å². The summed E-state index contributed by atoms with van der Waals surface area (Å²) in [6.07, 6.45) is -0.406. The van der Waals surface area contributed by atoms with Crippen LogP contribution in [0, 0.1) is 23.0 Å². The largest absolute Gasteiger partial charge is 0.444 e. The first-order chi connectivity index (χ1) is 11.6. The van der Waals surface area contributed by atoms with Crippen LogP contribution in [0.25, 0.3) is 0 Å². The zero-order chi connectivity index (χ0) is 18.8. The van der Waals surface area contributed by atoms with Gasteiger partial charge in [-0.25, -0.2) is 13.6 Å². The number of ether oxygens (including phenoxy) is 1. The summed E-state index contributed by atoms with van der Waals surface area (Å²) in [5, 5.41) is 8.88. The Labute approximate surface area is 146 Å². The van der Waals surface area contributed by atoms with Gasteiger partial charge in [0.1, 0.15) is 17.2 Å². The molecule has 1 amide bonds. The van der Waals surface area contributed by atoms with Gasteiger partial charge in [0.2, 0.25) is 0 Å². The molecule has 1 atom stereocenters. The zero-order valence-corrected chi connectivity index (χ0v) is 15.0. The van der Waals surface area contributed by atoms with Crippen LogP contribution in [-0.2, 0) is 4.74 Å². The number of rotatable bonds is 2. The second kappa shape index (κ2) is 7.26. The maximum absolute atomic E-state index is 14.4. The molecule has 0 aliphatic carbocycles. The number of carbonyl (C=O) groups is 1. The minimum atomic E-state index is -0.715. The molecule has 0 saturated carbocycles. The van der Waals surface area contributed by atoms with Gasteiger partial charge in [-0.1, -0.05) is 0 Å². The second-order valence-electron chi connectivity index (χ2n) is 7.13. The van der Waals surface area contributed by atoms with E-state index in [1.807, 2.05) is 6.07 Å². The van der Waals surface area contributed by atoms with Crippen LogP contribution in [0.3, 0.4) is 0 Å². The van der Waals surface area contributed by atoms with E-state index < -0.39 is 29.2 Å². The number of hydrogen-bond acceptors (Lipinski definition) is 4. The molecular formula is C18H23F2N3O2. The fourth-order valence-electron chi connectivity index (χ4n) is 2.65. The average Bonchev–Trinajstić information content (AvgIpc) is 2.54. The van der Waals surface area contributed by atoms with E-state index in [2.05, 4.69) is 0 Å². The molecule has 1 aliphatic heterocycles. The molecular weight excluding hydrogens is 328 g/mol. The Bertz CT molecular complexity index is 687. The third-order valence-electron chi connectivity index (χ3n) is 4.00. The number of benzene rings is 1. The molecule has 5 nitrogen and oxygen atoms in total. The number of piperazine rings is 1. The molecule has 1 unspecified atom stereocenters.